The number of nitrogens with zero attached hydrogens (tertiary/aromatic N) is 2. The molecule has 0 atom stereocenters. The molecule has 1 aliphatic rings. The largest absolute Gasteiger partial charge is 0.493 e. The topological polar surface area (TPSA) is 71.5 Å². The SMILES string of the molecule is COc1cc(-c2cc(N)n(C)n2)ccc1OC1CCOCC1. The van der Waals surface area contributed by atoms with Crippen molar-refractivity contribution in [2.45, 2.75) is 18.9 Å². The molecule has 22 heavy (non-hydrogen) atoms. The number of nitrogens with two attached hydrogens (primary N) is 1. The highest BCUT2D eigenvalue weighted by Gasteiger charge is 2.18. The summed E-state index contributed by atoms with van der Waals surface area (Å²) in [6.45, 7) is 1.50. The molecule has 0 saturated carbocycles. The summed E-state index contributed by atoms with van der Waals surface area (Å²) in [5.41, 5.74) is 7.60. The van der Waals surface area contributed by atoms with Crippen LogP contribution in [-0.4, -0.2) is 36.2 Å². The van der Waals surface area contributed by atoms with E-state index in [1.807, 2.05) is 31.3 Å². The lowest BCUT2D eigenvalue weighted by atomic mass is 10.1. The van der Waals surface area contributed by atoms with Gasteiger partial charge < -0.3 is 19.9 Å². The van der Waals surface area contributed by atoms with Crippen molar-refractivity contribution in [3.8, 4) is 22.8 Å². The van der Waals surface area contributed by atoms with Gasteiger partial charge in [-0.05, 0) is 18.2 Å². The average molecular weight is 303 g/mol. The van der Waals surface area contributed by atoms with Gasteiger partial charge in [-0.15, -0.1) is 0 Å². The fraction of sp³-hybridized carbons (Fsp3) is 0.438. The number of methoxy groups -OCH3 is 1. The van der Waals surface area contributed by atoms with Gasteiger partial charge in [0.2, 0.25) is 0 Å². The van der Waals surface area contributed by atoms with Crippen LogP contribution in [0.15, 0.2) is 24.3 Å². The molecule has 0 bridgehead atoms. The molecule has 0 radical (unpaired) electrons. The second kappa shape index (κ2) is 6.27. The summed E-state index contributed by atoms with van der Waals surface area (Å²) in [7, 11) is 3.46. The summed E-state index contributed by atoms with van der Waals surface area (Å²) in [5.74, 6) is 2.08. The summed E-state index contributed by atoms with van der Waals surface area (Å²) < 4.78 is 18.5. The Balaban J connectivity index is 1.83. The van der Waals surface area contributed by atoms with Crippen LogP contribution >= 0.6 is 0 Å². The maximum absolute atomic E-state index is 6.04. The first-order valence-electron chi connectivity index (χ1n) is 7.39. The quantitative estimate of drug-likeness (QED) is 0.938. The zero-order chi connectivity index (χ0) is 15.5. The van der Waals surface area contributed by atoms with Crippen LogP contribution in [0.4, 0.5) is 5.82 Å². The highest BCUT2D eigenvalue weighted by Crippen LogP contribution is 2.34. The van der Waals surface area contributed by atoms with E-state index in [2.05, 4.69) is 5.10 Å². The first-order chi connectivity index (χ1) is 10.7. The molecule has 2 N–H and O–H groups in total. The van der Waals surface area contributed by atoms with Crippen molar-refractivity contribution in [1.29, 1.82) is 0 Å². The minimum Gasteiger partial charge on any atom is -0.493 e. The Morgan fingerprint density at radius 1 is 1.23 bits per heavy atom. The first-order valence-corrected chi connectivity index (χ1v) is 7.39. The molecule has 0 unspecified atom stereocenters. The van der Waals surface area contributed by atoms with Crippen LogP contribution in [-0.2, 0) is 11.8 Å². The molecule has 6 nitrogen and oxygen atoms in total. The number of nitrogen functional groups attached to an aromatic ring is 1. The van der Waals surface area contributed by atoms with Gasteiger partial charge in [0.1, 0.15) is 11.9 Å². The van der Waals surface area contributed by atoms with Crippen molar-refractivity contribution in [2.24, 2.45) is 7.05 Å². The monoisotopic (exact) mass is 303 g/mol. The van der Waals surface area contributed by atoms with Crippen LogP contribution in [0.3, 0.4) is 0 Å². The van der Waals surface area contributed by atoms with Gasteiger partial charge >= 0.3 is 0 Å². The van der Waals surface area contributed by atoms with Gasteiger partial charge in [0, 0.05) is 31.5 Å². The van der Waals surface area contributed by atoms with Gasteiger partial charge in [0.05, 0.1) is 26.0 Å². The number of aromatic nitrogens is 2. The highest BCUT2D eigenvalue weighted by molar-refractivity contribution is 5.66. The molecule has 6 heteroatoms. The molecule has 0 aliphatic carbocycles. The molecular weight excluding hydrogens is 282 g/mol. The lowest BCUT2D eigenvalue weighted by molar-refractivity contribution is 0.0245. The predicted octanol–water partition coefficient (Wildman–Crippen LogP) is 2.24. The first kappa shape index (κ1) is 14.7. The second-order valence-electron chi connectivity index (χ2n) is 5.37. The van der Waals surface area contributed by atoms with Crippen molar-refractivity contribution in [2.75, 3.05) is 26.1 Å². The van der Waals surface area contributed by atoms with E-state index in [1.54, 1.807) is 11.8 Å². The van der Waals surface area contributed by atoms with E-state index in [-0.39, 0.29) is 6.10 Å². The third kappa shape index (κ3) is 3.01. The predicted molar refractivity (Wildman–Crippen MR) is 84.1 cm³/mol. The van der Waals surface area contributed by atoms with E-state index in [0.717, 1.165) is 43.1 Å². The standard InChI is InChI=1S/C16H21N3O3/c1-19-16(17)10-13(18-19)11-3-4-14(15(9-11)20-2)22-12-5-7-21-8-6-12/h3-4,9-10,12H,5-8,17H2,1-2H3. The Morgan fingerprint density at radius 2 is 2.00 bits per heavy atom. The van der Waals surface area contributed by atoms with Gasteiger partial charge in [-0.3, -0.25) is 4.68 Å². The smallest absolute Gasteiger partial charge is 0.161 e. The number of hydrogen-bond donors (Lipinski definition) is 1. The van der Waals surface area contributed by atoms with E-state index in [0.29, 0.717) is 11.6 Å². The summed E-state index contributed by atoms with van der Waals surface area (Å²) >= 11 is 0. The normalized spacial score (nSPS) is 15.7. The maximum Gasteiger partial charge on any atom is 0.161 e. The van der Waals surface area contributed by atoms with E-state index in [1.165, 1.54) is 0 Å². The zero-order valence-electron chi connectivity index (χ0n) is 12.9. The number of hydrogen-bond acceptors (Lipinski definition) is 5. The van der Waals surface area contributed by atoms with E-state index < -0.39 is 0 Å². The number of aryl methyl sites for hydroxylation is 1. The summed E-state index contributed by atoms with van der Waals surface area (Å²) in [5, 5.41) is 4.38. The zero-order valence-corrected chi connectivity index (χ0v) is 12.9. The molecule has 1 aliphatic heterocycles. The summed E-state index contributed by atoms with van der Waals surface area (Å²) in [6, 6.07) is 7.66. The molecule has 118 valence electrons. The molecule has 0 spiro atoms. The summed E-state index contributed by atoms with van der Waals surface area (Å²) in [4.78, 5) is 0. The van der Waals surface area contributed by atoms with Crippen LogP contribution in [0.1, 0.15) is 12.8 Å². The van der Waals surface area contributed by atoms with E-state index >= 15 is 0 Å². The van der Waals surface area contributed by atoms with Crippen LogP contribution in [0.25, 0.3) is 11.3 Å². The van der Waals surface area contributed by atoms with Gasteiger partial charge in [0.15, 0.2) is 11.5 Å². The van der Waals surface area contributed by atoms with Crippen LogP contribution in [0.2, 0.25) is 0 Å². The summed E-state index contributed by atoms with van der Waals surface area (Å²) in [6.07, 6.45) is 1.99. The van der Waals surface area contributed by atoms with E-state index in [9.17, 15) is 0 Å². The molecule has 2 heterocycles. The Morgan fingerprint density at radius 3 is 2.64 bits per heavy atom. The molecule has 1 aromatic heterocycles. The van der Waals surface area contributed by atoms with Crippen molar-refractivity contribution in [3.63, 3.8) is 0 Å². The van der Waals surface area contributed by atoms with Crippen molar-refractivity contribution < 1.29 is 14.2 Å². The number of benzene rings is 1. The van der Waals surface area contributed by atoms with Gasteiger partial charge in [-0.1, -0.05) is 0 Å². The Labute approximate surface area is 129 Å². The molecule has 3 rings (SSSR count). The highest BCUT2D eigenvalue weighted by atomic mass is 16.5. The number of anilines is 1. The number of rotatable bonds is 4. The maximum atomic E-state index is 6.04. The molecule has 1 saturated heterocycles. The van der Waals surface area contributed by atoms with Crippen molar-refractivity contribution >= 4 is 5.82 Å². The fourth-order valence-corrected chi connectivity index (χ4v) is 2.52. The average Bonchev–Trinajstić information content (AvgIpc) is 2.88. The minimum absolute atomic E-state index is 0.180. The third-order valence-corrected chi connectivity index (χ3v) is 3.84. The molecule has 1 fully saturated rings. The second-order valence-corrected chi connectivity index (χ2v) is 5.37. The van der Waals surface area contributed by atoms with E-state index in [4.69, 9.17) is 19.9 Å². The lowest BCUT2D eigenvalue weighted by Gasteiger charge is -2.24. The fourth-order valence-electron chi connectivity index (χ4n) is 2.52. The third-order valence-electron chi connectivity index (χ3n) is 3.84. The van der Waals surface area contributed by atoms with Crippen LogP contribution < -0.4 is 15.2 Å². The van der Waals surface area contributed by atoms with Crippen molar-refractivity contribution in [3.05, 3.63) is 24.3 Å². The number of ether oxygens (including phenoxy) is 3. The minimum atomic E-state index is 0.180. The van der Waals surface area contributed by atoms with Crippen LogP contribution in [0, 0.1) is 0 Å². The lowest BCUT2D eigenvalue weighted by Crippen LogP contribution is -2.26. The molecule has 0 amide bonds. The Bertz CT molecular complexity index is 629. The Hall–Kier alpha value is -2.21. The molecule has 1 aromatic carbocycles. The molecule has 2 aromatic rings. The van der Waals surface area contributed by atoms with Gasteiger partial charge in [0.25, 0.3) is 0 Å². The van der Waals surface area contributed by atoms with Gasteiger partial charge in [-0.25, -0.2) is 0 Å². The van der Waals surface area contributed by atoms with Gasteiger partial charge in [-0.2, -0.15) is 5.10 Å². The molecular formula is C16H21N3O3. The Kier molecular flexibility index (Phi) is 4.20. The van der Waals surface area contributed by atoms with Crippen LogP contribution in [0.5, 0.6) is 11.5 Å². The van der Waals surface area contributed by atoms with Crippen molar-refractivity contribution in [1.82, 2.24) is 9.78 Å².